The molecular formula is C23H20FN5O2S. The van der Waals surface area contributed by atoms with Gasteiger partial charge in [0, 0.05) is 0 Å². The van der Waals surface area contributed by atoms with Gasteiger partial charge in [-0.15, -0.1) is 5.10 Å². The van der Waals surface area contributed by atoms with E-state index in [1.807, 2.05) is 30.3 Å². The monoisotopic (exact) mass is 449 g/mol. The van der Waals surface area contributed by atoms with Crippen molar-refractivity contribution in [3.8, 4) is 0 Å². The number of halogens is 1. The highest BCUT2D eigenvalue weighted by Crippen LogP contribution is 2.38. The number of anilines is 2. The van der Waals surface area contributed by atoms with Crippen molar-refractivity contribution in [3.63, 3.8) is 0 Å². The average molecular weight is 450 g/mol. The SMILES string of the molecule is O=S(=O)(Nc1nc2n(n1)[C@H](c1ccc(F)cc1)C[C@@H](c1ccccc1)N2)c1ccccc1. The summed E-state index contributed by atoms with van der Waals surface area (Å²) >= 11 is 0. The van der Waals surface area contributed by atoms with E-state index >= 15 is 0 Å². The van der Waals surface area contributed by atoms with Gasteiger partial charge in [0.05, 0.1) is 17.0 Å². The van der Waals surface area contributed by atoms with E-state index in [9.17, 15) is 12.8 Å². The maximum Gasteiger partial charge on any atom is 0.264 e. The Morgan fingerprint density at radius 2 is 1.56 bits per heavy atom. The summed E-state index contributed by atoms with van der Waals surface area (Å²) in [6.07, 6.45) is 0.636. The van der Waals surface area contributed by atoms with E-state index in [1.165, 1.54) is 24.3 Å². The van der Waals surface area contributed by atoms with Gasteiger partial charge in [-0.25, -0.2) is 22.2 Å². The predicted molar refractivity (Wildman–Crippen MR) is 119 cm³/mol. The molecule has 0 aliphatic carbocycles. The molecule has 0 saturated carbocycles. The van der Waals surface area contributed by atoms with E-state index in [4.69, 9.17) is 0 Å². The fourth-order valence-corrected chi connectivity index (χ4v) is 4.83. The second-order valence-electron chi connectivity index (χ2n) is 7.53. The molecular weight excluding hydrogens is 429 g/mol. The fraction of sp³-hybridized carbons (Fsp3) is 0.130. The Morgan fingerprint density at radius 1 is 0.906 bits per heavy atom. The zero-order chi connectivity index (χ0) is 22.1. The second kappa shape index (κ2) is 8.08. The van der Waals surface area contributed by atoms with Gasteiger partial charge in [0.15, 0.2) is 0 Å². The maximum atomic E-state index is 13.5. The summed E-state index contributed by atoms with van der Waals surface area (Å²) in [6.45, 7) is 0. The molecule has 5 rings (SSSR count). The van der Waals surface area contributed by atoms with Gasteiger partial charge in [-0.1, -0.05) is 60.7 Å². The Hall–Kier alpha value is -3.72. The van der Waals surface area contributed by atoms with Gasteiger partial charge in [-0.2, -0.15) is 4.98 Å². The molecule has 1 aliphatic rings. The van der Waals surface area contributed by atoms with Crippen molar-refractivity contribution in [1.82, 2.24) is 14.8 Å². The molecule has 9 heteroatoms. The minimum Gasteiger partial charge on any atom is -0.347 e. The summed E-state index contributed by atoms with van der Waals surface area (Å²) in [6, 6.07) is 23.9. The number of nitrogens with one attached hydrogen (secondary N) is 2. The molecule has 4 aromatic rings. The number of aromatic nitrogens is 3. The molecule has 0 fully saturated rings. The van der Waals surface area contributed by atoms with Crippen molar-refractivity contribution in [1.29, 1.82) is 0 Å². The van der Waals surface area contributed by atoms with Gasteiger partial charge in [-0.05, 0) is 41.8 Å². The number of hydrogen-bond donors (Lipinski definition) is 2. The maximum absolute atomic E-state index is 13.5. The van der Waals surface area contributed by atoms with Crippen LogP contribution in [0.4, 0.5) is 16.3 Å². The van der Waals surface area contributed by atoms with E-state index in [0.29, 0.717) is 12.4 Å². The molecule has 7 nitrogen and oxygen atoms in total. The highest BCUT2D eigenvalue weighted by molar-refractivity contribution is 7.92. The van der Waals surface area contributed by atoms with Crippen LogP contribution in [0.3, 0.4) is 0 Å². The van der Waals surface area contributed by atoms with Crippen LogP contribution in [-0.4, -0.2) is 23.2 Å². The van der Waals surface area contributed by atoms with Crippen LogP contribution in [0.1, 0.15) is 29.6 Å². The summed E-state index contributed by atoms with van der Waals surface area (Å²) in [7, 11) is -3.83. The summed E-state index contributed by atoms with van der Waals surface area (Å²) in [5, 5.41) is 7.78. The van der Waals surface area contributed by atoms with Crippen LogP contribution in [0.2, 0.25) is 0 Å². The largest absolute Gasteiger partial charge is 0.347 e. The molecule has 2 heterocycles. The molecule has 1 aliphatic heterocycles. The van der Waals surface area contributed by atoms with E-state index in [0.717, 1.165) is 11.1 Å². The Balaban J connectivity index is 1.52. The topological polar surface area (TPSA) is 88.9 Å². The van der Waals surface area contributed by atoms with Crippen molar-refractivity contribution in [2.75, 3.05) is 10.0 Å². The Kier molecular flexibility index (Phi) is 5.10. The number of hydrogen-bond acceptors (Lipinski definition) is 5. The van der Waals surface area contributed by atoms with E-state index in [-0.39, 0.29) is 28.7 Å². The van der Waals surface area contributed by atoms with Crippen LogP contribution in [0.25, 0.3) is 0 Å². The number of fused-ring (bicyclic) bond motifs is 1. The molecule has 0 amide bonds. The molecule has 1 aromatic heterocycles. The molecule has 2 N–H and O–H groups in total. The molecule has 3 aromatic carbocycles. The molecule has 0 spiro atoms. The van der Waals surface area contributed by atoms with Crippen molar-refractivity contribution in [2.24, 2.45) is 0 Å². The highest BCUT2D eigenvalue weighted by atomic mass is 32.2. The average Bonchev–Trinajstić information content (AvgIpc) is 3.22. The van der Waals surface area contributed by atoms with Gasteiger partial charge in [0.2, 0.25) is 5.95 Å². The van der Waals surface area contributed by atoms with Crippen molar-refractivity contribution < 1.29 is 12.8 Å². The third-order valence-corrected chi connectivity index (χ3v) is 6.77. The standard InChI is InChI=1S/C23H20FN5O2S/c24-18-13-11-17(12-14-18)21-15-20(16-7-3-1-4-8-16)25-23-26-22(27-29(21)23)28-32(30,31)19-9-5-2-6-10-19/h1-14,20-21H,15H2,(H2,25,26,27,28)/t20-,21-/m0/s1. The molecule has 0 radical (unpaired) electrons. The van der Waals surface area contributed by atoms with Crippen LogP contribution >= 0.6 is 0 Å². The van der Waals surface area contributed by atoms with E-state index in [2.05, 4.69) is 20.1 Å². The first-order valence-corrected chi connectivity index (χ1v) is 11.6. The number of benzene rings is 3. The van der Waals surface area contributed by atoms with Crippen LogP contribution in [0.5, 0.6) is 0 Å². The van der Waals surface area contributed by atoms with Gasteiger partial charge in [0.25, 0.3) is 16.0 Å². The van der Waals surface area contributed by atoms with Crippen LogP contribution in [0, 0.1) is 5.82 Å². The fourth-order valence-electron chi connectivity index (χ4n) is 3.87. The van der Waals surface area contributed by atoms with Crippen LogP contribution < -0.4 is 10.0 Å². The summed E-state index contributed by atoms with van der Waals surface area (Å²) in [5.74, 6) is 0.0831. The van der Waals surface area contributed by atoms with Crippen molar-refractivity contribution in [2.45, 2.75) is 23.4 Å². The van der Waals surface area contributed by atoms with Crippen LogP contribution in [0.15, 0.2) is 89.8 Å². The summed E-state index contributed by atoms with van der Waals surface area (Å²) in [5.41, 5.74) is 1.93. The Labute approximate surface area is 185 Å². The Morgan fingerprint density at radius 3 is 2.25 bits per heavy atom. The smallest absolute Gasteiger partial charge is 0.264 e. The number of sulfonamides is 1. The predicted octanol–water partition coefficient (Wildman–Crippen LogP) is 4.36. The third kappa shape index (κ3) is 3.94. The van der Waals surface area contributed by atoms with Gasteiger partial charge >= 0.3 is 0 Å². The van der Waals surface area contributed by atoms with Gasteiger partial charge in [-0.3, -0.25) is 0 Å². The molecule has 0 unspecified atom stereocenters. The van der Waals surface area contributed by atoms with Gasteiger partial charge in [0.1, 0.15) is 5.82 Å². The first-order valence-electron chi connectivity index (χ1n) is 10.1. The lowest BCUT2D eigenvalue weighted by molar-refractivity contribution is 0.431. The first-order chi connectivity index (χ1) is 15.5. The normalized spacial score (nSPS) is 17.9. The zero-order valence-electron chi connectivity index (χ0n) is 16.9. The first kappa shape index (κ1) is 20.2. The molecule has 0 bridgehead atoms. The highest BCUT2D eigenvalue weighted by Gasteiger charge is 2.32. The second-order valence-corrected chi connectivity index (χ2v) is 9.22. The minimum absolute atomic E-state index is 0.0304. The molecule has 0 saturated heterocycles. The lowest BCUT2D eigenvalue weighted by Gasteiger charge is -2.31. The summed E-state index contributed by atoms with van der Waals surface area (Å²) in [4.78, 5) is 4.53. The zero-order valence-corrected chi connectivity index (χ0v) is 17.7. The van der Waals surface area contributed by atoms with Crippen LogP contribution in [-0.2, 0) is 10.0 Å². The molecule has 32 heavy (non-hydrogen) atoms. The summed E-state index contributed by atoms with van der Waals surface area (Å²) < 4.78 is 43.1. The third-order valence-electron chi connectivity index (χ3n) is 5.42. The lowest BCUT2D eigenvalue weighted by Crippen LogP contribution is -2.28. The lowest BCUT2D eigenvalue weighted by atomic mass is 9.93. The molecule has 2 atom stereocenters. The van der Waals surface area contributed by atoms with Crippen molar-refractivity contribution in [3.05, 3.63) is 102 Å². The minimum atomic E-state index is -3.83. The van der Waals surface area contributed by atoms with Gasteiger partial charge < -0.3 is 5.32 Å². The number of rotatable bonds is 5. The van der Waals surface area contributed by atoms with E-state index < -0.39 is 10.0 Å². The number of nitrogens with zero attached hydrogens (tertiary/aromatic N) is 3. The van der Waals surface area contributed by atoms with Crippen molar-refractivity contribution >= 4 is 21.9 Å². The van der Waals surface area contributed by atoms with E-state index in [1.54, 1.807) is 35.0 Å². The Bertz CT molecular complexity index is 1330. The molecule has 162 valence electrons. The quantitative estimate of drug-likeness (QED) is 0.473.